The van der Waals surface area contributed by atoms with Crippen LogP contribution in [0.15, 0.2) is 70.2 Å². The van der Waals surface area contributed by atoms with Crippen molar-refractivity contribution in [1.29, 1.82) is 0 Å². The average Bonchev–Trinajstić information content (AvgIpc) is 3.16. The average molecular weight is 365 g/mol. The van der Waals surface area contributed by atoms with Crippen LogP contribution < -0.4 is 10.2 Å². The molecule has 27 heavy (non-hydrogen) atoms. The maximum absolute atomic E-state index is 11.9. The third kappa shape index (κ3) is 4.18. The second-order valence-corrected chi connectivity index (χ2v) is 5.41. The van der Waals surface area contributed by atoms with Crippen LogP contribution in [0.5, 0.6) is 5.75 Å². The van der Waals surface area contributed by atoms with Gasteiger partial charge in [-0.15, -0.1) is 0 Å². The third-order valence-electron chi connectivity index (χ3n) is 3.68. The topological polar surface area (TPSA) is 107 Å². The van der Waals surface area contributed by atoms with Crippen LogP contribution in [0.3, 0.4) is 0 Å². The van der Waals surface area contributed by atoms with E-state index in [1.54, 1.807) is 36.4 Å². The molecule has 1 amide bonds. The van der Waals surface area contributed by atoms with Crippen molar-refractivity contribution >= 4 is 17.8 Å². The summed E-state index contributed by atoms with van der Waals surface area (Å²) in [5, 5.41) is 14.8. The van der Waals surface area contributed by atoms with Gasteiger partial charge in [-0.25, -0.2) is 5.43 Å². The fourth-order valence-electron chi connectivity index (χ4n) is 2.38. The largest absolute Gasteiger partial charge is 0.496 e. The van der Waals surface area contributed by atoms with Crippen molar-refractivity contribution in [1.82, 2.24) is 5.43 Å². The minimum absolute atomic E-state index is 0.0764. The van der Waals surface area contributed by atoms with Crippen LogP contribution in [0.1, 0.15) is 16.1 Å². The van der Waals surface area contributed by atoms with E-state index in [4.69, 9.17) is 9.15 Å². The molecule has 0 aliphatic heterocycles. The first-order chi connectivity index (χ1) is 13.1. The summed E-state index contributed by atoms with van der Waals surface area (Å²) in [5.74, 6) is 0.841. The van der Waals surface area contributed by atoms with E-state index in [9.17, 15) is 14.9 Å². The van der Waals surface area contributed by atoms with E-state index < -0.39 is 4.92 Å². The lowest BCUT2D eigenvalue weighted by molar-refractivity contribution is -0.384. The zero-order valence-corrected chi connectivity index (χ0v) is 14.3. The minimum Gasteiger partial charge on any atom is -0.496 e. The number of nitro groups is 1. The molecule has 0 atom stereocenters. The number of nitrogens with zero attached hydrogens (tertiary/aromatic N) is 2. The number of hydrogen-bond donors (Lipinski definition) is 1. The van der Waals surface area contributed by atoms with Gasteiger partial charge in [0.2, 0.25) is 0 Å². The van der Waals surface area contributed by atoms with E-state index in [2.05, 4.69) is 10.5 Å². The summed E-state index contributed by atoms with van der Waals surface area (Å²) in [4.78, 5) is 22.4. The van der Waals surface area contributed by atoms with Gasteiger partial charge in [-0.3, -0.25) is 14.9 Å². The summed E-state index contributed by atoms with van der Waals surface area (Å²) in [6, 6.07) is 16.2. The Morgan fingerprint density at radius 2 is 1.96 bits per heavy atom. The first-order valence-corrected chi connectivity index (χ1v) is 7.89. The van der Waals surface area contributed by atoms with Gasteiger partial charge in [0.15, 0.2) is 0 Å². The predicted molar refractivity (Wildman–Crippen MR) is 98.9 cm³/mol. The summed E-state index contributed by atoms with van der Waals surface area (Å²) < 4.78 is 10.9. The number of furan rings is 1. The zero-order valence-electron chi connectivity index (χ0n) is 14.3. The second kappa shape index (κ2) is 7.96. The van der Waals surface area contributed by atoms with Gasteiger partial charge in [-0.2, -0.15) is 5.10 Å². The standard InChI is InChI=1S/C19H15N3O5/c1-26-17-9-7-14(22(24)25)11-16(17)18-10-8-15(27-18)12-20-21-19(23)13-5-3-2-4-6-13/h2-12H,1H3,(H,21,23)/b20-12+. The lowest BCUT2D eigenvalue weighted by Crippen LogP contribution is -2.17. The molecule has 136 valence electrons. The van der Waals surface area contributed by atoms with Crippen molar-refractivity contribution in [3.8, 4) is 17.1 Å². The Balaban J connectivity index is 1.76. The van der Waals surface area contributed by atoms with E-state index in [1.807, 2.05) is 6.07 Å². The van der Waals surface area contributed by atoms with Crippen molar-refractivity contribution in [2.75, 3.05) is 7.11 Å². The number of hydrazone groups is 1. The van der Waals surface area contributed by atoms with Crippen LogP contribution in [-0.4, -0.2) is 24.2 Å². The number of rotatable bonds is 6. The van der Waals surface area contributed by atoms with Crippen LogP contribution in [-0.2, 0) is 0 Å². The molecule has 0 radical (unpaired) electrons. The van der Waals surface area contributed by atoms with E-state index >= 15 is 0 Å². The number of nitrogens with one attached hydrogen (secondary N) is 1. The molecule has 0 spiro atoms. The Morgan fingerprint density at radius 1 is 1.19 bits per heavy atom. The van der Waals surface area contributed by atoms with Crippen LogP contribution in [0.2, 0.25) is 0 Å². The smallest absolute Gasteiger partial charge is 0.271 e. The molecule has 1 heterocycles. The zero-order chi connectivity index (χ0) is 19.2. The molecule has 0 bridgehead atoms. The fraction of sp³-hybridized carbons (Fsp3) is 0.0526. The first-order valence-electron chi connectivity index (χ1n) is 7.89. The van der Waals surface area contributed by atoms with Crippen molar-refractivity contribution in [2.24, 2.45) is 5.10 Å². The Kier molecular flexibility index (Phi) is 5.27. The number of hydrogen-bond acceptors (Lipinski definition) is 6. The quantitative estimate of drug-likeness (QED) is 0.408. The molecule has 0 aliphatic carbocycles. The summed E-state index contributed by atoms with van der Waals surface area (Å²) >= 11 is 0. The highest BCUT2D eigenvalue weighted by Gasteiger charge is 2.15. The van der Waals surface area contributed by atoms with Crippen molar-refractivity contribution in [2.45, 2.75) is 0 Å². The molecule has 3 rings (SSSR count). The molecule has 0 fully saturated rings. The molecule has 8 nitrogen and oxygen atoms in total. The number of benzene rings is 2. The van der Waals surface area contributed by atoms with Crippen molar-refractivity contribution < 1.29 is 18.9 Å². The van der Waals surface area contributed by atoms with Crippen LogP contribution >= 0.6 is 0 Å². The van der Waals surface area contributed by atoms with Crippen molar-refractivity contribution in [3.63, 3.8) is 0 Å². The Bertz CT molecular complexity index is 996. The molecule has 1 aromatic heterocycles. The SMILES string of the molecule is COc1ccc([N+](=O)[O-])cc1-c1ccc(/C=N/NC(=O)c2ccccc2)o1. The minimum atomic E-state index is -0.493. The number of methoxy groups -OCH3 is 1. The Labute approximate surface area is 154 Å². The van der Waals surface area contributed by atoms with Gasteiger partial charge in [0.25, 0.3) is 11.6 Å². The second-order valence-electron chi connectivity index (χ2n) is 5.41. The molecular weight excluding hydrogens is 350 g/mol. The maximum atomic E-state index is 11.9. The maximum Gasteiger partial charge on any atom is 0.271 e. The molecule has 8 heteroatoms. The molecule has 0 aliphatic rings. The number of nitro benzene ring substituents is 1. The van der Waals surface area contributed by atoms with Crippen LogP contribution in [0, 0.1) is 10.1 Å². The van der Waals surface area contributed by atoms with Gasteiger partial charge in [0, 0.05) is 17.7 Å². The van der Waals surface area contributed by atoms with E-state index in [0.29, 0.717) is 28.4 Å². The normalized spacial score (nSPS) is 10.7. The lowest BCUT2D eigenvalue weighted by atomic mass is 10.1. The van der Waals surface area contributed by atoms with E-state index in [0.717, 1.165) is 0 Å². The number of non-ortho nitro benzene ring substituents is 1. The van der Waals surface area contributed by atoms with Gasteiger partial charge in [0.1, 0.15) is 17.3 Å². The fourth-order valence-corrected chi connectivity index (χ4v) is 2.38. The Morgan fingerprint density at radius 3 is 2.67 bits per heavy atom. The number of carbonyl (C=O) groups excluding carboxylic acids is 1. The molecule has 2 aromatic carbocycles. The highest BCUT2D eigenvalue weighted by molar-refractivity contribution is 5.94. The molecular formula is C19H15N3O5. The molecule has 0 saturated heterocycles. The molecule has 0 saturated carbocycles. The summed E-state index contributed by atoms with van der Waals surface area (Å²) in [6.07, 6.45) is 1.34. The third-order valence-corrected chi connectivity index (χ3v) is 3.68. The number of amides is 1. The number of ether oxygens (including phenoxy) is 1. The summed E-state index contributed by atoms with van der Waals surface area (Å²) in [5.41, 5.74) is 3.25. The van der Waals surface area contributed by atoms with Crippen LogP contribution in [0.25, 0.3) is 11.3 Å². The van der Waals surface area contributed by atoms with E-state index in [-0.39, 0.29) is 11.6 Å². The molecule has 1 N–H and O–H groups in total. The van der Waals surface area contributed by atoms with Gasteiger partial charge in [0.05, 0.1) is 23.8 Å². The van der Waals surface area contributed by atoms with Gasteiger partial charge < -0.3 is 9.15 Å². The predicted octanol–water partition coefficient (Wildman–Crippen LogP) is 3.63. The first kappa shape index (κ1) is 17.9. The van der Waals surface area contributed by atoms with Crippen molar-refractivity contribution in [3.05, 3.63) is 82.1 Å². The lowest BCUT2D eigenvalue weighted by Gasteiger charge is -2.05. The van der Waals surface area contributed by atoms with Crippen LogP contribution in [0.4, 0.5) is 5.69 Å². The highest BCUT2D eigenvalue weighted by atomic mass is 16.6. The van der Waals surface area contributed by atoms with Gasteiger partial charge in [-0.1, -0.05) is 18.2 Å². The summed E-state index contributed by atoms with van der Waals surface area (Å²) in [7, 11) is 1.47. The van der Waals surface area contributed by atoms with Gasteiger partial charge in [-0.05, 0) is 30.3 Å². The Hall–Kier alpha value is -3.94. The number of carbonyl (C=O) groups is 1. The van der Waals surface area contributed by atoms with E-state index in [1.165, 1.54) is 31.5 Å². The molecule has 0 unspecified atom stereocenters. The summed E-state index contributed by atoms with van der Waals surface area (Å²) in [6.45, 7) is 0. The molecule has 3 aromatic rings. The highest BCUT2D eigenvalue weighted by Crippen LogP contribution is 2.34. The van der Waals surface area contributed by atoms with Gasteiger partial charge >= 0.3 is 0 Å². The monoisotopic (exact) mass is 365 g/mol.